The minimum absolute atomic E-state index is 1.14. The molecule has 0 N–H and O–H groups in total. The Kier molecular flexibility index (Phi) is 3.24. The molecule has 0 radical (unpaired) electrons. The first-order valence-corrected chi connectivity index (χ1v) is 4.88. The van der Waals surface area contributed by atoms with Crippen LogP contribution in [0, 0.1) is 11.8 Å². The lowest BCUT2D eigenvalue weighted by molar-refractivity contribution is 0.574. The van der Waals surface area contributed by atoms with Crippen molar-refractivity contribution in [3.8, 4) is 0 Å². The highest BCUT2D eigenvalue weighted by atomic mass is 14.4. The summed E-state index contributed by atoms with van der Waals surface area (Å²) in [6.07, 6.45) is 8.80. The molecule has 0 aromatic heterocycles. The van der Waals surface area contributed by atoms with Crippen LogP contribution in [0.25, 0.3) is 0 Å². The van der Waals surface area contributed by atoms with E-state index < -0.39 is 0 Å². The topological polar surface area (TPSA) is 0 Å². The van der Waals surface area contributed by atoms with Crippen LogP contribution in [0.4, 0.5) is 0 Å². The second kappa shape index (κ2) is 4.00. The zero-order valence-corrected chi connectivity index (χ0v) is 7.40. The van der Waals surface area contributed by atoms with Gasteiger partial charge in [0.25, 0.3) is 0 Å². The van der Waals surface area contributed by atoms with E-state index in [4.69, 9.17) is 0 Å². The smallest absolute Gasteiger partial charge is 0.0383 e. The molecule has 0 heteroatoms. The van der Waals surface area contributed by atoms with Crippen molar-refractivity contribution in [1.29, 1.82) is 0 Å². The average molecular weight is 140 g/mol. The molecule has 0 heterocycles. The highest BCUT2D eigenvalue weighted by Crippen LogP contribution is 2.45. The molecular weight excluding hydrogens is 120 g/mol. The van der Waals surface area contributed by atoms with Gasteiger partial charge < -0.3 is 0 Å². The average Bonchev–Trinajstić information content (AvgIpc) is 2.65. The molecule has 1 aliphatic carbocycles. The molecule has 1 saturated carbocycles. The summed E-state index contributed by atoms with van der Waals surface area (Å²) in [5, 5.41) is 0. The zero-order valence-electron chi connectivity index (χ0n) is 7.40. The maximum absolute atomic E-state index is 2.30. The van der Waals surface area contributed by atoms with Gasteiger partial charge in [0.05, 0.1) is 0 Å². The van der Waals surface area contributed by atoms with Crippen molar-refractivity contribution in [2.24, 2.45) is 11.8 Å². The van der Waals surface area contributed by atoms with Crippen molar-refractivity contribution < 1.29 is 0 Å². The van der Waals surface area contributed by atoms with E-state index in [0.717, 1.165) is 11.8 Å². The maximum Gasteiger partial charge on any atom is -0.0383 e. The van der Waals surface area contributed by atoms with Gasteiger partial charge in [0.2, 0.25) is 0 Å². The molecule has 60 valence electrons. The Morgan fingerprint density at radius 3 is 2.30 bits per heavy atom. The Morgan fingerprint density at radius 1 is 1.00 bits per heavy atom. The maximum atomic E-state index is 2.30. The van der Waals surface area contributed by atoms with Crippen molar-refractivity contribution in [1.82, 2.24) is 0 Å². The molecular formula is C10H20. The lowest BCUT2D eigenvalue weighted by Gasteiger charge is -1.95. The minimum Gasteiger partial charge on any atom is -0.0654 e. The van der Waals surface area contributed by atoms with Crippen molar-refractivity contribution in [2.45, 2.75) is 52.4 Å². The first-order chi connectivity index (χ1) is 4.88. The summed E-state index contributed by atoms with van der Waals surface area (Å²) in [5.41, 5.74) is 0. The Balaban J connectivity index is 1.92. The number of hydrogen-bond acceptors (Lipinski definition) is 0. The Labute approximate surface area is 65.0 Å². The van der Waals surface area contributed by atoms with Crippen molar-refractivity contribution in [2.75, 3.05) is 0 Å². The Bertz CT molecular complexity index is 86.0. The molecule has 0 aromatic rings. The second-order valence-electron chi connectivity index (χ2n) is 3.69. The highest BCUT2D eigenvalue weighted by Gasteiger charge is 2.34. The van der Waals surface area contributed by atoms with Crippen molar-refractivity contribution >= 4 is 0 Å². The van der Waals surface area contributed by atoms with Gasteiger partial charge in [-0.2, -0.15) is 0 Å². The SMILES string of the molecule is CCCCC1CC1CCC. The fraction of sp³-hybridized carbons (Fsp3) is 1.00. The second-order valence-corrected chi connectivity index (χ2v) is 3.69. The molecule has 0 aromatic carbocycles. The van der Waals surface area contributed by atoms with Gasteiger partial charge in [-0.15, -0.1) is 0 Å². The van der Waals surface area contributed by atoms with E-state index in [2.05, 4.69) is 13.8 Å². The van der Waals surface area contributed by atoms with E-state index in [9.17, 15) is 0 Å². The van der Waals surface area contributed by atoms with Gasteiger partial charge >= 0.3 is 0 Å². The lowest BCUT2D eigenvalue weighted by Crippen LogP contribution is -1.82. The van der Waals surface area contributed by atoms with Crippen LogP contribution in [0.1, 0.15) is 52.4 Å². The molecule has 1 fully saturated rings. The summed E-state index contributed by atoms with van der Waals surface area (Å²) in [5.74, 6) is 2.27. The van der Waals surface area contributed by atoms with Crippen LogP contribution in [0.3, 0.4) is 0 Å². The van der Waals surface area contributed by atoms with Gasteiger partial charge in [0.1, 0.15) is 0 Å². The summed E-state index contributed by atoms with van der Waals surface area (Å²) in [4.78, 5) is 0. The molecule has 0 nitrogen and oxygen atoms in total. The van der Waals surface area contributed by atoms with Crippen LogP contribution in [0.5, 0.6) is 0 Å². The monoisotopic (exact) mass is 140 g/mol. The Morgan fingerprint density at radius 2 is 1.70 bits per heavy atom. The molecule has 0 saturated heterocycles. The fourth-order valence-corrected chi connectivity index (χ4v) is 1.85. The summed E-state index contributed by atoms with van der Waals surface area (Å²) in [6, 6.07) is 0. The minimum atomic E-state index is 1.14. The first-order valence-electron chi connectivity index (χ1n) is 4.88. The normalized spacial score (nSPS) is 30.6. The van der Waals surface area contributed by atoms with Gasteiger partial charge in [-0.3, -0.25) is 0 Å². The van der Waals surface area contributed by atoms with Crippen LogP contribution < -0.4 is 0 Å². The van der Waals surface area contributed by atoms with Crippen molar-refractivity contribution in [3.63, 3.8) is 0 Å². The molecule has 1 rings (SSSR count). The van der Waals surface area contributed by atoms with Crippen LogP contribution >= 0.6 is 0 Å². The molecule has 0 bridgehead atoms. The molecule has 1 aliphatic rings. The number of hydrogen-bond donors (Lipinski definition) is 0. The van der Waals surface area contributed by atoms with Crippen molar-refractivity contribution in [3.05, 3.63) is 0 Å². The van der Waals surface area contributed by atoms with Gasteiger partial charge in [0.15, 0.2) is 0 Å². The summed E-state index contributed by atoms with van der Waals surface area (Å²) in [6.45, 7) is 4.59. The van der Waals surface area contributed by atoms with E-state index in [1.165, 1.54) is 32.1 Å². The fourth-order valence-electron chi connectivity index (χ4n) is 1.85. The van der Waals surface area contributed by atoms with E-state index in [1.54, 1.807) is 6.42 Å². The van der Waals surface area contributed by atoms with Crippen LogP contribution in [-0.2, 0) is 0 Å². The van der Waals surface area contributed by atoms with Gasteiger partial charge in [-0.25, -0.2) is 0 Å². The van der Waals surface area contributed by atoms with Gasteiger partial charge in [-0.05, 0) is 18.3 Å². The summed E-state index contributed by atoms with van der Waals surface area (Å²) < 4.78 is 0. The van der Waals surface area contributed by atoms with Crippen LogP contribution in [-0.4, -0.2) is 0 Å². The third-order valence-electron chi connectivity index (χ3n) is 2.66. The van der Waals surface area contributed by atoms with E-state index in [-0.39, 0.29) is 0 Å². The molecule has 2 unspecified atom stereocenters. The molecule has 0 amide bonds. The number of unbranched alkanes of at least 4 members (excludes halogenated alkanes) is 1. The molecule has 0 spiro atoms. The summed E-state index contributed by atoms with van der Waals surface area (Å²) >= 11 is 0. The predicted octanol–water partition coefficient (Wildman–Crippen LogP) is 3.61. The number of rotatable bonds is 5. The van der Waals surface area contributed by atoms with Crippen LogP contribution in [0.2, 0.25) is 0 Å². The van der Waals surface area contributed by atoms with Gasteiger partial charge in [0, 0.05) is 0 Å². The molecule has 10 heavy (non-hydrogen) atoms. The lowest BCUT2D eigenvalue weighted by atomic mass is 10.1. The highest BCUT2D eigenvalue weighted by molar-refractivity contribution is 4.85. The predicted molar refractivity (Wildman–Crippen MR) is 46.0 cm³/mol. The van der Waals surface area contributed by atoms with E-state index in [1.807, 2.05) is 0 Å². The van der Waals surface area contributed by atoms with Crippen LogP contribution in [0.15, 0.2) is 0 Å². The standard InChI is InChI=1S/C10H20/c1-3-5-7-10-8-9(10)6-4-2/h9-10H,3-8H2,1-2H3. The van der Waals surface area contributed by atoms with E-state index in [0.29, 0.717) is 0 Å². The first kappa shape index (κ1) is 8.10. The molecule has 0 aliphatic heterocycles. The van der Waals surface area contributed by atoms with E-state index >= 15 is 0 Å². The zero-order chi connectivity index (χ0) is 7.40. The molecule has 2 atom stereocenters. The quantitative estimate of drug-likeness (QED) is 0.547. The largest absolute Gasteiger partial charge is 0.0654 e. The Hall–Kier alpha value is 0. The third-order valence-corrected chi connectivity index (χ3v) is 2.66. The van der Waals surface area contributed by atoms with Gasteiger partial charge in [-0.1, -0.05) is 46.0 Å². The summed E-state index contributed by atoms with van der Waals surface area (Å²) in [7, 11) is 0. The third kappa shape index (κ3) is 2.32.